The van der Waals surface area contributed by atoms with Crippen LogP contribution in [-0.4, -0.2) is 67.2 Å². The van der Waals surface area contributed by atoms with Crippen LogP contribution in [0.1, 0.15) is 33.1 Å². The van der Waals surface area contributed by atoms with Crippen LogP contribution in [0.25, 0.3) is 0 Å². The van der Waals surface area contributed by atoms with Gasteiger partial charge >= 0.3 is 5.97 Å². The van der Waals surface area contributed by atoms with E-state index in [2.05, 4.69) is 0 Å². The Labute approximate surface area is 121 Å². The molecule has 1 heterocycles. The summed E-state index contributed by atoms with van der Waals surface area (Å²) in [6, 6.07) is 0.194. The van der Waals surface area contributed by atoms with Gasteiger partial charge in [0.25, 0.3) is 0 Å². The zero-order chi connectivity index (χ0) is 15.3. The first kappa shape index (κ1) is 17.4. The zero-order valence-electron chi connectivity index (χ0n) is 12.6. The third-order valence-corrected chi connectivity index (χ3v) is 5.27. The molecule has 2 unspecified atom stereocenters. The van der Waals surface area contributed by atoms with Gasteiger partial charge in [0, 0.05) is 25.7 Å². The number of sulfonamides is 1. The van der Waals surface area contributed by atoms with Gasteiger partial charge in [0.2, 0.25) is 10.0 Å². The number of aliphatic carboxylic acids is 1. The molecule has 7 heteroatoms. The monoisotopic (exact) mass is 306 g/mol. The fourth-order valence-electron chi connectivity index (χ4n) is 2.64. The second kappa shape index (κ2) is 7.38. The lowest BCUT2D eigenvalue weighted by Crippen LogP contribution is -2.46. The predicted molar refractivity (Wildman–Crippen MR) is 78.1 cm³/mol. The molecule has 1 fully saturated rings. The van der Waals surface area contributed by atoms with Crippen molar-refractivity contribution in [1.82, 2.24) is 9.21 Å². The summed E-state index contributed by atoms with van der Waals surface area (Å²) >= 11 is 0. The molecule has 1 rings (SSSR count). The van der Waals surface area contributed by atoms with Crippen LogP contribution in [0.5, 0.6) is 0 Å². The van der Waals surface area contributed by atoms with Crippen LogP contribution in [0.15, 0.2) is 0 Å². The molecule has 0 aliphatic carbocycles. The van der Waals surface area contributed by atoms with Crippen LogP contribution >= 0.6 is 0 Å². The van der Waals surface area contributed by atoms with E-state index in [1.54, 1.807) is 0 Å². The maximum atomic E-state index is 11.6. The zero-order valence-corrected chi connectivity index (χ0v) is 13.4. The fraction of sp³-hybridized carbons (Fsp3) is 0.923. The highest BCUT2D eigenvalue weighted by atomic mass is 32.2. The van der Waals surface area contributed by atoms with E-state index in [-0.39, 0.29) is 18.5 Å². The van der Waals surface area contributed by atoms with Crippen molar-refractivity contribution in [3.05, 3.63) is 0 Å². The van der Waals surface area contributed by atoms with Gasteiger partial charge in [-0.2, -0.15) is 0 Å². The quantitative estimate of drug-likeness (QED) is 0.754. The Morgan fingerprint density at radius 1 is 1.50 bits per heavy atom. The Bertz CT molecular complexity index is 424. The molecule has 0 amide bonds. The summed E-state index contributed by atoms with van der Waals surface area (Å²) in [6.45, 7) is 5.80. The number of hydrogen-bond acceptors (Lipinski definition) is 4. The summed E-state index contributed by atoms with van der Waals surface area (Å²) in [7, 11) is -3.14. The van der Waals surface area contributed by atoms with Crippen LogP contribution in [-0.2, 0) is 14.8 Å². The highest BCUT2D eigenvalue weighted by molar-refractivity contribution is 7.88. The number of carbonyl (C=O) groups is 1. The lowest BCUT2D eigenvalue weighted by molar-refractivity contribution is -0.139. The van der Waals surface area contributed by atoms with Crippen molar-refractivity contribution in [3.8, 4) is 0 Å². The number of rotatable bonds is 7. The number of hydrogen-bond donors (Lipinski definition) is 1. The van der Waals surface area contributed by atoms with Crippen molar-refractivity contribution in [1.29, 1.82) is 0 Å². The molecule has 1 N–H and O–H groups in total. The Hall–Kier alpha value is -0.660. The third kappa shape index (κ3) is 5.38. The van der Waals surface area contributed by atoms with Crippen molar-refractivity contribution in [2.45, 2.75) is 39.2 Å². The van der Waals surface area contributed by atoms with E-state index in [1.165, 1.54) is 10.6 Å². The van der Waals surface area contributed by atoms with Crippen molar-refractivity contribution in [2.75, 3.05) is 32.4 Å². The molecular formula is C13H26N2O4S. The van der Waals surface area contributed by atoms with E-state index >= 15 is 0 Å². The first-order chi connectivity index (χ1) is 9.24. The highest BCUT2D eigenvalue weighted by Gasteiger charge is 2.28. The molecule has 0 bridgehead atoms. The molecule has 0 aromatic carbocycles. The van der Waals surface area contributed by atoms with Gasteiger partial charge in [0.15, 0.2) is 0 Å². The third-order valence-electron chi connectivity index (χ3n) is 4.00. The van der Waals surface area contributed by atoms with E-state index in [4.69, 9.17) is 5.11 Å². The highest BCUT2D eigenvalue weighted by Crippen LogP contribution is 2.21. The van der Waals surface area contributed by atoms with E-state index in [9.17, 15) is 13.2 Å². The standard InChI is InChI=1S/C13H26N2O4S/c1-4-11(2)14(10-13(16)17)8-12-6-5-7-15(9-12)20(3,18)19/h11-12H,4-10H2,1-3H3,(H,16,17). The molecule has 118 valence electrons. The second-order valence-electron chi connectivity index (χ2n) is 5.71. The van der Waals surface area contributed by atoms with E-state index in [1.807, 2.05) is 18.7 Å². The van der Waals surface area contributed by atoms with Gasteiger partial charge in [0.1, 0.15) is 0 Å². The van der Waals surface area contributed by atoms with Gasteiger partial charge in [-0.3, -0.25) is 9.69 Å². The second-order valence-corrected chi connectivity index (χ2v) is 7.69. The number of nitrogens with zero attached hydrogens (tertiary/aromatic N) is 2. The summed E-state index contributed by atoms with van der Waals surface area (Å²) in [6.07, 6.45) is 3.92. The smallest absolute Gasteiger partial charge is 0.317 e. The van der Waals surface area contributed by atoms with Gasteiger partial charge < -0.3 is 5.11 Å². The van der Waals surface area contributed by atoms with Crippen LogP contribution in [0, 0.1) is 5.92 Å². The van der Waals surface area contributed by atoms with Crippen LogP contribution in [0.4, 0.5) is 0 Å². The molecule has 0 aromatic heterocycles. The lowest BCUT2D eigenvalue weighted by atomic mass is 9.98. The Morgan fingerprint density at radius 3 is 2.65 bits per heavy atom. The molecule has 1 aliphatic heterocycles. The minimum Gasteiger partial charge on any atom is -0.480 e. The summed E-state index contributed by atoms with van der Waals surface area (Å²) in [4.78, 5) is 12.9. The summed E-state index contributed by atoms with van der Waals surface area (Å²) < 4.78 is 24.7. The summed E-state index contributed by atoms with van der Waals surface area (Å²) in [5.74, 6) is -0.618. The molecule has 0 radical (unpaired) electrons. The van der Waals surface area contributed by atoms with Gasteiger partial charge in [-0.05, 0) is 32.1 Å². The maximum Gasteiger partial charge on any atom is 0.317 e. The first-order valence-corrected chi connectivity index (χ1v) is 8.99. The molecule has 0 aromatic rings. The van der Waals surface area contributed by atoms with Gasteiger partial charge in [-0.15, -0.1) is 0 Å². The summed E-state index contributed by atoms with van der Waals surface area (Å²) in [5.41, 5.74) is 0. The van der Waals surface area contributed by atoms with Crippen molar-refractivity contribution >= 4 is 16.0 Å². The lowest BCUT2D eigenvalue weighted by Gasteiger charge is -2.36. The first-order valence-electron chi connectivity index (χ1n) is 7.15. The normalized spacial score (nSPS) is 22.9. The van der Waals surface area contributed by atoms with Gasteiger partial charge in [-0.1, -0.05) is 6.92 Å². The number of carboxylic acids is 1. The molecule has 20 heavy (non-hydrogen) atoms. The van der Waals surface area contributed by atoms with E-state index < -0.39 is 16.0 Å². The average Bonchev–Trinajstić information content (AvgIpc) is 2.36. The minimum absolute atomic E-state index is 0.0182. The SMILES string of the molecule is CCC(C)N(CC(=O)O)CC1CCCN(S(C)(=O)=O)C1. The van der Waals surface area contributed by atoms with Crippen molar-refractivity contribution in [3.63, 3.8) is 0 Å². The predicted octanol–water partition coefficient (Wildman–Crippen LogP) is 0.843. The topological polar surface area (TPSA) is 77.9 Å². The van der Waals surface area contributed by atoms with Crippen molar-refractivity contribution in [2.24, 2.45) is 5.92 Å². The van der Waals surface area contributed by atoms with Crippen LogP contribution in [0.2, 0.25) is 0 Å². The molecule has 6 nitrogen and oxygen atoms in total. The van der Waals surface area contributed by atoms with Crippen LogP contribution < -0.4 is 0 Å². The molecular weight excluding hydrogens is 280 g/mol. The molecule has 0 saturated carbocycles. The Morgan fingerprint density at radius 2 is 2.15 bits per heavy atom. The van der Waals surface area contributed by atoms with Gasteiger partial charge in [-0.25, -0.2) is 12.7 Å². The molecule has 1 aliphatic rings. The Kier molecular flexibility index (Phi) is 6.42. The van der Waals surface area contributed by atoms with E-state index in [0.717, 1.165) is 19.3 Å². The Balaban J connectivity index is 2.65. The van der Waals surface area contributed by atoms with Gasteiger partial charge in [0.05, 0.1) is 12.8 Å². The maximum absolute atomic E-state index is 11.6. The minimum atomic E-state index is -3.14. The molecule has 2 atom stereocenters. The largest absolute Gasteiger partial charge is 0.480 e. The van der Waals surface area contributed by atoms with E-state index in [0.29, 0.717) is 19.6 Å². The molecule has 1 saturated heterocycles. The molecule has 0 spiro atoms. The van der Waals surface area contributed by atoms with Crippen LogP contribution in [0.3, 0.4) is 0 Å². The average molecular weight is 306 g/mol. The summed E-state index contributed by atoms with van der Waals surface area (Å²) in [5, 5.41) is 8.99. The number of piperidine rings is 1. The number of carboxylic acid groups (broad SMARTS) is 1. The van der Waals surface area contributed by atoms with Crippen molar-refractivity contribution < 1.29 is 18.3 Å². The fourth-order valence-corrected chi connectivity index (χ4v) is 3.58.